The van der Waals surface area contributed by atoms with E-state index in [2.05, 4.69) is 46.5 Å². The molecule has 0 radical (unpaired) electrons. The smallest absolute Gasteiger partial charge is 0.266 e. The molecule has 0 spiro atoms. The van der Waals surface area contributed by atoms with Crippen molar-refractivity contribution in [2.75, 3.05) is 4.90 Å². The molecule has 2 heterocycles. The van der Waals surface area contributed by atoms with Crippen LogP contribution in [0.3, 0.4) is 0 Å². The van der Waals surface area contributed by atoms with Crippen molar-refractivity contribution in [3.63, 3.8) is 0 Å². The van der Waals surface area contributed by atoms with Gasteiger partial charge in [0.05, 0.1) is 17.8 Å². The van der Waals surface area contributed by atoms with Crippen LogP contribution >= 0.6 is 0 Å². The van der Waals surface area contributed by atoms with Crippen LogP contribution in [0.15, 0.2) is 42.6 Å². The van der Waals surface area contributed by atoms with Gasteiger partial charge in [0.25, 0.3) is 5.91 Å². The molecule has 1 aliphatic heterocycles. The zero-order valence-corrected chi connectivity index (χ0v) is 11.9. The third-order valence-corrected chi connectivity index (χ3v) is 3.90. The number of para-hydroxylation sites is 1. The van der Waals surface area contributed by atoms with E-state index in [0.717, 1.165) is 18.7 Å². The number of rotatable bonds is 3. The van der Waals surface area contributed by atoms with E-state index < -0.39 is 0 Å². The number of nitrogens with zero attached hydrogens (tertiary/aromatic N) is 2. The average Bonchev–Trinajstić information content (AvgIpc) is 2.83. The Morgan fingerprint density at radius 1 is 1.38 bits per heavy atom. The van der Waals surface area contributed by atoms with Gasteiger partial charge >= 0.3 is 0 Å². The molecule has 3 rings (SSSR count). The Morgan fingerprint density at radius 2 is 2.19 bits per heavy atom. The van der Waals surface area contributed by atoms with Crippen LogP contribution in [-0.2, 0) is 13.0 Å². The standard InChI is InChI=1S/C16H18N4O/c1-11-8-12-4-2-3-5-15(12)20(11)10-14-7-6-13(9-18-14)16(21)19-17/h2-7,9,11H,8,10,17H2,1H3,(H,19,21). The lowest BCUT2D eigenvalue weighted by molar-refractivity contribution is 0.0953. The van der Waals surface area contributed by atoms with Gasteiger partial charge in [0.15, 0.2) is 0 Å². The Kier molecular flexibility index (Phi) is 3.58. The highest BCUT2D eigenvalue weighted by Gasteiger charge is 2.25. The number of benzene rings is 1. The second kappa shape index (κ2) is 5.54. The van der Waals surface area contributed by atoms with Crippen molar-refractivity contribution < 1.29 is 4.79 Å². The van der Waals surface area contributed by atoms with Gasteiger partial charge in [-0.05, 0) is 37.1 Å². The number of nitrogen functional groups attached to an aromatic ring is 1. The second-order valence-electron chi connectivity index (χ2n) is 5.32. The maximum atomic E-state index is 11.4. The fourth-order valence-corrected chi connectivity index (χ4v) is 2.78. The van der Waals surface area contributed by atoms with Crippen LogP contribution in [0.5, 0.6) is 0 Å². The molecule has 5 nitrogen and oxygen atoms in total. The molecule has 0 saturated carbocycles. The van der Waals surface area contributed by atoms with Crippen molar-refractivity contribution in [1.29, 1.82) is 0 Å². The average molecular weight is 282 g/mol. The zero-order chi connectivity index (χ0) is 14.8. The lowest BCUT2D eigenvalue weighted by Crippen LogP contribution is -2.30. The van der Waals surface area contributed by atoms with E-state index >= 15 is 0 Å². The molecular formula is C16H18N4O. The zero-order valence-electron chi connectivity index (χ0n) is 11.9. The molecule has 0 aliphatic carbocycles. The molecule has 108 valence electrons. The molecule has 1 aromatic heterocycles. The van der Waals surface area contributed by atoms with Gasteiger partial charge in [0.2, 0.25) is 0 Å². The molecule has 1 aliphatic rings. The van der Waals surface area contributed by atoms with Gasteiger partial charge in [0, 0.05) is 17.9 Å². The summed E-state index contributed by atoms with van der Waals surface area (Å²) in [5.74, 6) is 4.78. The van der Waals surface area contributed by atoms with Gasteiger partial charge < -0.3 is 4.90 Å². The number of hydrogen-bond acceptors (Lipinski definition) is 4. The number of anilines is 1. The number of aromatic nitrogens is 1. The second-order valence-corrected chi connectivity index (χ2v) is 5.32. The highest BCUT2D eigenvalue weighted by Crippen LogP contribution is 2.32. The van der Waals surface area contributed by atoms with Gasteiger partial charge in [-0.15, -0.1) is 0 Å². The molecule has 2 aromatic rings. The van der Waals surface area contributed by atoms with Crippen molar-refractivity contribution in [1.82, 2.24) is 10.4 Å². The predicted molar refractivity (Wildman–Crippen MR) is 81.7 cm³/mol. The van der Waals surface area contributed by atoms with Crippen LogP contribution in [0.1, 0.15) is 28.5 Å². The van der Waals surface area contributed by atoms with Gasteiger partial charge in [0.1, 0.15) is 0 Å². The minimum Gasteiger partial charge on any atom is -0.362 e. The van der Waals surface area contributed by atoms with E-state index in [4.69, 9.17) is 5.84 Å². The van der Waals surface area contributed by atoms with Crippen molar-refractivity contribution in [3.8, 4) is 0 Å². The number of hydrogen-bond donors (Lipinski definition) is 2. The number of nitrogens with two attached hydrogens (primary N) is 1. The lowest BCUT2D eigenvalue weighted by atomic mass is 10.1. The van der Waals surface area contributed by atoms with Crippen LogP contribution in [0.2, 0.25) is 0 Å². The molecule has 1 amide bonds. The predicted octanol–water partition coefficient (Wildman–Crippen LogP) is 1.64. The number of pyridine rings is 1. The molecule has 0 fully saturated rings. The Morgan fingerprint density at radius 3 is 2.90 bits per heavy atom. The molecule has 0 saturated heterocycles. The summed E-state index contributed by atoms with van der Waals surface area (Å²) >= 11 is 0. The minimum absolute atomic E-state index is 0.325. The number of carbonyl (C=O) groups excluding carboxylic acids is 1. The third-order valence-electron chi connectivity index (χ3n) is 3.90. The van der Waals surface area contributed by atoms with E-state index in [0.29, 0.717) is 11.6 Å². The first-order valence-corrected chi connectivity index (χ1v) is 6.99. The minimum atomic E-state index is -0.325. The molecule has 1 unspecified atom stereocenters. The molecule has 1 atom stereocenters. The summed E-state index contributed by atoms with van der Waals surface area (Å²) in [6.07, 6.45) is 2.62. The van der Waals surface area contributed by atoms with Crippen molar-refractivity contribution >= 4 is 11.6 Å². The Bertz CT molecular complexity index is 654. The quantitative estimate of drug-likeness (QED) is 0.510. The summed E-state index contributed by atoms with van der Waals surface area (Å²) in [6, 6.07) is 12.5. The highest BCUT2D eigenvalue weighted by atomic mass is 16.2. The number of amides is 1. The van der Waals surface area contributed by atoms with E-state index in [1.807, 2.05) is 6.07 Å². The Balaban J connectivity index is 1.79. The topological polar surface area (TPSA) is 71.2 Å². The fraction of sp³-hybridized carbons (Fsp3) is 0.250. The molecule has 21 heavy (non-hydrogen) atoms. The maximum absolute atomic E-state index is 11.4. The summed E-state index contributed by atoms with van der Waals surface area (Å²) in [5, 5.41) is 0. The lowest BCUT2D eigenvalue weighted by Gasteiger charge is -2.24. The fourth-order valence-electron chi connectivity index (χ4n) is 2.78. The van der Waals surface area contributed by atoms with Crippen LogP contribution in [-0.4, -0.2) is 16.9 Å². The summed E-state index contributed by atoms with van der Waals surface area (Å²) in [5.41, 5.74) is 6.16. The van der Waals surface area contributed by atoms with Gasteiger partial charge in [-0.2, -0.15) is 0 Å². The first-order valence-electron chi connectivity index (χ1n) is 6.99. The van der Waals surface area contributed by atoms with Gasteiger partial charge in [-0.25, -0.2) is 5.84 Å². The number of carbonyl (C=O) groups is 1. The van der Waals surface area contributed by atoms with Crippen LogP contribution in [0.25, 0.3) is 0 Å². The van der Waals surface area contributed by atoms with E-state index in [1.54, 1.807) is 12.3 Å². The Hall–Kier alpha value is -2.40. The number of nitrogens with one attached hydrogen (secondary N) is 1. The van der Waals surface area contributed by atoms with E-state index in [9.17, 15) is 4.79 Å². The van der Waals surface area contributed by atoms with Gasteiger partial charge in [-0.1, -0.05) is 18.2 Å². The summed E-state index contributed by atoms with van der Waals surface area (Å²) in [6.45, 7) is 2.96. The number of hydrazine groups is 1. The van der Waals surface area contributed by atoms with E-state index in [1.165, 1.54) is 11.3 Å². The van der Waals surface area contributed by atoms with Crippen LogP contribution in [0, 0.1) is 0 Å². The molecule has 3 N–H and O–H groups in total. The third kappa shape index (κ3) is 2.60. The van der Waals surface area contributed by atoms with Crippen molar-refractivity contribution in [2.45, 2.75) is 25.9 Å². The van der Waals surface area contributed by atoms with Crippen LogP contribution < -0.4 is 16.2 Å². The summed E-state index contributed by atoms with van der Waals surface area (Å²) in [7, 11) is 0. The molecule has 0 bridgehead atoms. The number of fused-ring (bicyclic) bond motifs is 1. The van der Waals surface area contributed by atoms with Crippen LogP contribution in [0.4, 0.5) is 5.69 Å². The van der Waals surface area contributed by atoms with Crippen molar-refractivity contribution in [3.05, 3.63) is 59.4 Å². The molecule has 5 heteroatoms. The summed E-state index contributed by atoms with van der Waals surface area (Å²) in [4.78, 5) is 18.1. The normalized spacial score (nSPS) is 16.7. The molecular weight excluding hydrogens is 264 g/mol. The largest absolute Gasteiger partial charge is 0.362 e. The van der Waals surface area contributed by atoms with Gasteiger partial charge in [-0.3, -0.25) is 15.2 Å². The SMILES string of the molecule is CC1Cc2ccccc2N1Cc1ccc(C(=O)NN)cn1. The Labute approximate surface area is 123 Å². The summed E-state index contributed by atoms with van der Waals surface area (Å²) < 4.78 is 0. The van der Waals surface area contributed by atoms with Crippen molar-refractivity contribution in [2.24, 2.45) is 5.84 Å². The first-order chi connectivity index (χ1) is 10.2. The monoisotopic (exact) mass is 282 g/mol. The maximum Gasteiger partial charge on any atom is 0.266 e. The van der Waals surface area contributed by atoms with E-state index in [-0.39, 0.29) is 5.91 Å². The molecule has 1 aromatic carbocycles. The first kappa shape index (κ1) is 13.6. The highest BCUT2D eigenvalue weighted by molar-refractivity contribution is 5.93.